The van der Waals surface area contributed by atoms with Gasteiger partial charge in [0.15, 0.2) is 0 Å². The van der Waals surface area contributed by atoms with Gasteiger partial charge in [0, 0.05) is 54.3 Å². The molecule has 11 heteroatoms. The van der Waals surface area contributed by atoms with E-state index in [1.54, 1.807) is 55.8 Å². The summed E-state index contributed by atoms with van der Waals surface area (Å²) < 4.78 is 1.22. The Morgan fingerprint density at radius 1 is 1.18 bits per heavy atom. The van der Waals surface area contributed by atoms with Crippen molar-refractivity contribution < 1.29 is 14.7 Å². The van der Waals surface area contributed by atoms with Gasteiger partial charge >= 0.3 is 0 Å². The van der Waals surface area contributed by atoms with Crippen molar-refractivity contribution in [2.75, 3.05) is 20.2 Å². The monoisotopic (exact) mass is 536 g/mol. The number of halogens is 1. The number of aromatic amines is 1. The van der Waals surface area contributed by atoms with Gasteiger partial charge in [-0.1, -0.05) is 37.6 Å². The minimum atomic E-state index is -0.633. The highest BCUT2D eigenvalue weighted by molar-refractivity contribution is 6.30. The average Bonchev–Trinajstić information content (AvgIpc) is 3.44. The molecule has 0 unspecified atom stereocenters. The number of aliphatic hydroxyl groups excluding tert-OH is 1. The molecule has 0 radical (unpaired) electrons. The van der Waals surface area contributed by atoms with Crippen LogP contribution in [-0.2, 0) is 17.9 Å². The van der Waals surface area contributed by atoms with Crippen molar-refractivity contribution in [2.24, 2.45) is 5.41 Å². The molecule has 0 fully saturated rings. The van der Waals surface area contributed by atoms with Crippen molar-refractivity contribution in [3.8, 4) is 11.3 Å². The van der Waals surface area contributed by atoms with Crippen LogP contribution in [0.4, 0.5) is 0 Å². The molecule has 0 atom stereocenters. The topological polar surface area (TPSA) is 133 Å². The molecule has 2 amide bonds. The number of aromatic nitrogens is 4. The zero-order valence-electron chi connectivity index (χ0n) is 21.4. The maximum atomic E-state index is 13.6. The van der Waals surface area contributed by atoms with Crippen molar-refractivity contribution >= 4 is 34.4 Å². The minimum Gasteiger partial charge on any atom is -0.396 e. The van der Waals surface area contributed by atoms with Crippen LogP contribution >= 0.6 is 11.6 Å². The summed E-state index contributed by atoms with van der Waals surface area (Å²) in [5, 5.41) is 20.2. The molecule has 0 aliphatic carbocycles. The molecular weight excluding hydrogens is 508 g/mol. The van der Waals surface area contributed by atoms with Crippen LogP contribution in [0.25, 0.3) is 22.3 Å². The first-order valence-electron chi connectivity index (χ1n) is 12.0. The van der Waals surface area contributed by atoms with E-state index in [2.05, 4.69) is 20.5 Å². The fourth-order valence-corrected chi connectivity index (χ4v) is 4.15. The molecule has 198 valence electrons. The third-order valence-electron chi connectivity index (χ3n) is 6.15. The van der Waals surface area contributed by atoms with E-state index in [1.807, 2.05) is 13.8 Å². The second-order valence-electron chi connectivity index (χ2n) is 9.93. The Balaban J connectivity index is 1.72. The van der Waals surface area contributed by atoms with Gasteiger partial charge in [-0.25, -0.2) is 4.98 Å². The Morgan fingerprint density at radius 3 is 2.58 bits per heavy atom. The maximum Gasteiger partial charge on any atom is 0.265 e. The van der Waals surface area contributed by atoms with Gasteiger partial charge in [0.1, 0.15) is 17.8 Å². The molecule has 1 aromatic carbocycles. The first-order chi connectivity index (χ1) is 18.1. The van der Waals surface area contributed by atoms with Crippen LogP contribution in [0.3, 0.4) is 0 Å². The first kappa shape index (κ1) is 27.0. The van der Waals surface area contributed by atoms with Crippen LogP contribution in [0, 0.1) is 5.41 Å². The highest BCUT2D eigenvalue weighted by atomic mass is 35.5. The molecule has 10 nitrogen and oxygen atoms in total. The Hall–Kier alpha value is -4.02. The van der Waals surface area contributed by atoms with Crippen LogP contribution in [-0.4, -0.2) is 61.8 Å². The smallest absolute Gasteiger partial charge is 0.265 e. The maximum absolute atomic E-state index is 13.6. The van der Waals surface area contributed by atoms with Crippen LogP contribution in [0.1, 0.15) is 29.8 Å². The summed E-state index contributed by atoms with van der Waals surface area (Å²) in [5.41, 5.74) is 1.10. The molecule has 3 N–H and O–H groups in total. The zero-order chi connectivity index (χ0) is 27.4. The lowest BCUT2D eigenvalue weighted by Crippen LogP contribution is -2.41. The van der Waals surface area contributed by atoms with E-state index in [-0.39, 0.29) is 43.4 Å². The van der Waals surface area contributed by atoms with E-state index in [0.29, 0.717) is 21.7 Å². The number of hydrogen-bond donors (Lipinski definition) is 3. The van der Waals surface area contributed by atoms with Crippen molar-refractivity contribution in [3.63, 3.8) is 0 Å². The van der Waals surface area contributed by atoms with E-state index >= 15 is 0 Å². The van der Waals surface area contributed by atoms with E-state index < -0.39 is 16.9 Å². The van der Waals surface area contributed by atoms with Crippen molar-refractivity contribution in [2.45, 2.75) is 26.9 Å². The normalized spacial score (nSPS) is 11.5. The lowest BCUT2D eigenvalue weighted by molar-refractivity contribution is -0.132. The number of nitrogens with one attached hydrogen (secondary N) is 2. The molecule has 0 aliphatic heterocycles. The fraction of sp³-hybridized carbons (Fsp3) is 0.296. The van der Waals surface area contributed by atoms with Crippen LogP contribution in [0.2, 0.25) is 5.02 Å². The van der Waals surface area contributed by atoms with Gasteiger partial charge in [-0.3, -0.25) is 24.0 Å². The van der Waals surface area contributed by atoms with Gasteiger partial charge in [0.05, 0.1) is 11.9 Å². The number of H-pyrrole nitrogens is 1. The number of amides is 2. The molecule has 0 saturated carbocycles. The number of nitrogens with zero attached hydrogens (tertiary/aromatic N) is 4. The van der Waals surface area contributed by atoms with Crippen molar-refractivity contribution in [3.05, 3.63) is 81.4 Å². The average molecular weight is 537 g/mol. The summed E-state index contributed by atoms with van der Waals surface area (Å²) in [6.07, 6.45) is 3.27. The Bertz CT molecular complexity index is 1510. The standard InChI is InChI=1S/C27H29ClN6O4/c1-27(2,16-35)15-33(3)23(36)14-34-24-18(6-9-22(32-24)19-12-30-31-13-19)10-21(26(34)38)25(37)29-11-17-4-7-20(28)8-5-17/h4-10,12-13,35H,11,14-16H2,1-3H3,(H,29,37)(H,30,31). The fourth-order valence-electron chi connectivity index (χ4n) is 4.02. The van der Waals surface area contributed by atoms with Crippen LogP contribution in [0.5, 0.6) is 0 Å². The van der Waals surface area contributed by atoms with E-state index in [1.165, 1.54) is 15.5 Å². The second-order valence-corrected chi connectivity index (χ2v) is 10.4. The lowest BCUT2D eigenvalue weighted by atomic mass is 9.94. The summed E-state index contributed by atoms with van der Waals surface area (Å²) >= 11 is 5.93. The van der Waals surface area contributed by atoms with Gasteiger partial charge in [-0.05, 0) is 35.9 Å². The summed E-state index contributed by atoms with van der Waals surface area (Å²) in [5.74, 6) is -0.925. The molecule has 0 spiro atoms. The molecular formula is C27H29ClN6O4. The van der Waals surface area contributed by atoms with Gasteiger partial charge < -0.3 is 15.3 Å². The number of carbonyl (C=O) groups is 2. The predicted molar refractivity (Wildman–Crippen MR) is 145 cm³/mol. The number of carbonyl (C=O) groups excluding carboxylic acids is 2. The SMILES string of the molecule is CN(CC(C)(C)CO)C(=O)Cn1c(=O)c(C(=O)NCc2ccc(Cl)cc2)cc2ccc(-c3cn[nH]c3)nc21. The molecule has 0 saturated heterocycles. The first-order valence-corrected chi connectivity index (χ1v) is 12.4. The van der Waals surface area contributed by atoms with E-state index in [0.717, 1.165) is 5.56 Å². The van der Waals surface area contributed by atoms with Gasteiger partial charge in [0.25, 0.3) is 11.5 Å². The number of fused-ring (bicyclic) bond motifs is 1. The number of pyridine rings is 2. The minimum absolute atomic E-state index is 0.101. The summed E-state index contributed by atoms with van der Waals surface area (Å²) in [7, 11) is 1.61. The summed E-state index contributed by atoms with van der Waals surface area (Å²) in [6, 6.07) is 12.0. The van der Waals surface area contributed by atoms with E-state index in [4.69, 9.17) is 11.6 Å². The number of aliphatic hydroxyl groups is 1. The Kier molecular flexibility index (Phi) is 7.94. The third-order valence-corrected chi connectivity index (χ3v) is 6.41. The highest BCUT2D eigenvalue weighted by Gasteiger charge is 2.24. The number of likely N-dealkylation sites (N-methyl/N-ethyl adjacent to an activating group) is 1. The van der Waals surface area contributed by atoms with Crippen LogP contribution < -0.4 is 10.9 Å². The highest BCUT2D eigenvalue weighted by Crippen LogP contribution is 2.21. The molecule has 4 aromatic rings. The second kappa shape index (κ2) is 11.2. The zero-order valence-corrected chi connectivity index (χ0v) is 22.1. The Morgan fingerprint density at radius 2 is 1.92 bits per heavy atom. The number of rotatable bonds is 9. The molecule has 3 heterocycles. The van der Waals surface area contributed by atoms with E-state index in [9.17, 15) is 19.5 Å². The number of hydrogen-bond acceptors (Lipinski definition) is 6. The van der Waals surface area contributed by atoms with Crippen molar-refractivity contribution in [1.82, 2.24) is 30.0 Å². The van der Waals surface area contributed by atoms with Crippen molar-refractivity contribution in [1.29, 1.82) is 0 Å². The van der Waals surface area contributed by atoms with Crippen LogP contribution in [0.15, 0.2) is 59.7 Å². The summed E-state index contributed by atoms with van der Waals surface area (Å²) in [4.78, 5) is 45.9. The van der Waals surface area contributed by atoms with Gasteiger partial charge in [0.2, 0.25) is 5.91 Å². The third kappa shape index (κ3) is 6.09. The quantitative estimate of drug-likeness (QED) is 0.301. The predicted octanol–water partition coefficient (Wildman–Crippen LogP) is 2.85. The largest absolute Gasteiger partial charge is 0.396 e. The summed E-state index contributed by atoms with van der Waals surface area (Å²) in [6.45, 7) is 3.72. The molecule has 3 aromatic heterocycles. The molecule has 38 heavy (non-hydrogen) atoms. The molecule has 0 bridgehead atoms. The lowest BCUT2D eigenvalue weighted by Gasteiger charge is -2.28. The van der Waals surface area contributed by atoms with Gasteiger partial charge in [-0.2, -0.15) is 5.10 Å². The molecule has 4 rings (SSSR count). The molecule has 0 aliphatic rings. The number of benzene rings is 1. The Labute approximate surface area is 224 Å². The van der Waals surface area contributed by atoms with Gasteiger partial charge in [-0.15, -0.1) is 0 Å².